The first kappa shape index (κ1) is 18.6. The number of halogens is 5. The number of carbonyl (C=O) groups excluding carboxylic acids is 2. The normalized spacial score (nSPS) is 17.2. The van der Waals surface area contributed by atoms with Crippen LogP contribution in [0.5, 0.6) is 0 Å². The fraction of sp³-hybridized carbons (Fsp3) is 0.833. The van der Waals surface area contributed by atoms with E-state index in [1.54, 1.807) is 0 Å². The van der Waals surface area contributed by atoms with Gasteiger partial charge in [0.05, 0.1) is 6.54 Å². The molecule has 1 aliphatic heterocycles. The molecule has 0 unspecified atom stereocenters. The minimum Gasteiger partial charge on any atom is -0.449 e. The van der Waals surface area contributed by atoms with Gasteiger partial charge < -0.3 is 15.0 Å². The third kappa shape index (κ3) is 6.12. The zero-order valence-electron chi connectivity index (χ0n) is 11.9. The van der Waals surface area contributed by atoms with Crippen molar-refractivity contribution in [3.63, 3.8) is 0 Å². The van der Waals surface area contributed by atoms with Gasteiger partial charge in [-0.1, -0.05) is 0 Å². The largest absolute Gasteiger partial charge is 0.490 e. The topological polar surface area (TPSA) is 58.6 Å². The fourth-order valence-corrected chi connectivity index (χ4v) is 2.13. The Hall–Kier alpha value is -1.45. The van der Waals surface area contributed by atoms with E-state index in [1.165, 1.54) is 0 Å². The Morgan fingerprint density at radius 1 is 1.18 bits per heavy atom. The van der Waals surface area contributed by atoms with Crippen molar-refractivity contribution in [2.24, 2.45) is 0 Å². The van der Waals surface area contributed by atoms with Crippen LogP contribution in [0, 0.1) is 0 Å². The summed E-state index contributed by atoms with van der Waals surface area (Å²) in [5, 5.41) is 2.98. The molecule has 1 aliphatic rings. The average molecular weight is 332 g/mol. The molecule has 0 aromatic carbocycles. The third-order valence-electron chi connectivity index (χ3n) is 3.08. The van der Waals surface area contributed by atoms with Gasteiger partial charge in [-0.05, 0) is 25.9 Å². The molecule has 0 aliphatic carbocycles. The summed E-state index contributed by atoms with van der Waals surface area (Å²) in [6, 6.07) is -0.524. The predicted molar refractivity (Wildman–Crippen MR) is 65.2 cm³/mol. The number of alkyl halides is 5. The van der Waals surface area contributed by atoms with E-state index in [-0.39, 0.29) is 0 Å². The summed E-state index contributed by atoms with van der Waals surface area (Å²) in [4.78, 5) is 23.3. The predicted octanol–water partition coefficient (Wildman–Crippen LogP) is 1.33. The Labute approximate surface area is 123 Å². The molecule has 1 rings (SSSR count). The Bertz CT molecular complexity index is 403. The van der Waals surface area contributed by atoms with E-state index in [2.05, 4.69) is 10.1 Å². The quantitative estimate of drug-likeness (QED) is 0.610. The van der Waals surface area contributed by atoms with Gasteiger partial charge in [-0.15, -0.1) is 0 Å². The minimum absolute atomic E-state index is 0.398. The van der Waals surface area contributed by atoms with Gasteiger partial charge in [0.2, 0.25) is 0 Å². The lowest BCUT2D eigenvalue weighted by molar-refractivity contribution is -0.201. The Morgan fingerprint density at radius 3 is 2.18 bits per heavy atom. The number of esters is 1. The third-order valence-corrected chi connectivity index (χ3v) is 3.08. The van der Waals surface area contributed by atoms with Crippen molar-refractivity contribution in [3.05, 3.63) is 0 Å². The van der Waals surface area contributed by atoms with E-state index in [1.807, 2.05) is 0 Å². The maximum Gasteiger partial charge on any atom is 0.490 e. The number of amides is 1. The highest BCUT2D eigenvalue weighted by molar-refractivity contribution is 5.82. The lowest BCUT2D eigenvalue weighted by Gasteiger charge is -2.36. The molecule has 1 amide bonds. The molecule has 5 nitrogen and oxygen atoms in total. The van der Waals surface area contributed by atoms with Crippen LogP contribution in [0.1, 0.15) is 19.8 Å². The summed E-state index contributed by atoms with van der Waals surface area (Å²) in [7, 11) is 0. The first-order valence-corrected chi connectivity index (χ1v) is 6.62. The summed E-state index contributed by atoms with van der Waals surface area (Å²) < 4.78 is 66.2. The number of nitrogens with one attached hydrogen (secondary N) is 1. The molecule has 0 saturated carbocycles. The van der Waals surface area contributed by atoms with Gasteiger partial charge in [0.15, 0.2) is 6.61 Å². The monoisotopic (exact) mass is 332 g/mol. The second-order valence-corrected chi connectivity index (χ2v) is 5.15. The lowest BCUT2D eigenvalue weighted by Crippen LogP contribution is -2.51. The van der Waals surface area contributed by atoms with Crippen molar-refractivity contribution >= 4 is 11.9 Å². The number of hydrogen-bond donors (Lipinski definition) is 1. The molecule has 1 fully saturated rings. The molecule has 1 heterocycles. The second-order valence-electron chi connectivity index (χ2n) is 5.15. The maximum atomic E-state index is 13.2. The minimum atomic E-state index is -5.23. The maximum absolute atomic E-state index is 13.2. The van der Waals surface area contributed by atoms with Crippen LogP contribution < -0.4 is 5.32 Å². The molecule has 128 valence electrons. The standard InChI is InChI=1S/C12H17F5N2O3/c1-11(13,14)7-19(8-2-4-18-5-3-8)9(20)6-22-10(21)12(15,16)17/h8,18H,2-7H2,1H3. The van der Waals surface area contributed by atoms with Gasteiger partial charge in [-0.3, -0.25) is 4.79 Å². The molecule has 1 saturated heterocycles. The van der Waals surface area contributed by atoms with Crippen molar-refractivity contribution in [3.8, 4) is 0 Å². The highest BCUT2D eigenvalue weighted by Crippen LogP contribution is 2.21. The van der Waals surface area contributed by atoms with Crippen LogP contribution in [-0.4, -0.2) is 61.2 Å². The van der Waals surface area contributed by atoms with Gasteiger partial charge >= 0.3 is 12.1 Å². The van der Waals surface area contributed by atoms with Crippen LogP contribution in [-0.2, 0) is 14.3 Å². The summed E-state index contributed by atoms with van der Waals surface area (Å²) in [5.74, 6) is -6.78. The number of carbonyl (C=O) groups is 2. The van der Waals surface area contributed by atoms with Gasteiger partial charge in [-0.2, -0.15) is 13.2 Å². The van der Waals surface area contributed by atoms with Crippen molar-refractivity contribution in [2.45, 2.75) is 37.9 Å². The smallest absolute Gasteiger partial charge is 0.449 e. The average Bonchev–Trinajstić information content (AvgIpc) is 2.40. The number of nitrogens with zero attached hydrogens (tertiary/aromatic N) is 1. The van der Waals surface area contributed by atoms with Crippen LogP contribution >= 0.6 is 0 Å². The van der Waals surface area contributed by atoms with Gasteiger partial charge in [0, 0.05) is 13.0 Å². The van der Waals surface area contributed by atoms with Gasteiger partial charge in [0.25, 0.3) is 11.8 Å². The van der Waals surface area contributed by atoms with Crippen molar-refractivity contribution in [1.82, 2.24) is 10.2 Å². The molecular weight excluding hydrogens is 315 g/mol. The first-order valence-electron chi connectivity index (χ1n) is 6.62. The molecule has 0 aromatic rings. The van der Waals surface area contributed by atoms with E-state index in [0.29, 0.717) is 32.9 Å². The van der Waals surface area contributed by atoms with Crippen LogP contribution in [0.25, 0.3) is 0 Å². The van der Waals surface area contributed by atoms with E-state index < -0.39 is 43.2 Å². The Balaban J connectivity index is 2.69. The van der Waals surface area contributed by atoms with Crippen molar-refractivity contribution in [1.29, 1.82) is 0 Å². The number of rotatable bonds is 5. The molecule has 0 aromatic heterocycles. The Kier molecular flexibility index (Phi) is 6.09. The molecule has 0 bridgehead atoms. The lowest BCUT2D eigenvalue weighted by atomic mass is 10.0. The molecule has 0 atom stereocenters. The van der Waals surface area contributed by atoms with Crippen LogP contribution in [0.3, 0.4) is 0 Å². The SMILES string of the molecule is CC(F)(F)CN(C(=O)COC(=O)C(F)(F)F)C1CCNCC1. The van der Waals surface area contributed by atoms with Crippen molar-refractivity contribution in [2.75, 3.05) is 26.2 Å². The number of ether oxygens (including phenoxy) is 1. The highest BCUT2D eigenvalue weighted by Gasteiger charge is 2.42. The second kappa shape index (κ2) is 7.21. The van der Waals surface area contributed by atoms with E-state index in [4.69, 9.17) is 0 Å². The van der Waals surface area contributed by atoms with E-state index >= 15 is 0 Å². The molecule has 10 heteroatoms. The molecular formula is C12H17F5N2O3. The fourth-order valence-electron chi connectivity index (χ4n) is 2.13. The number of piperidine rings is 1. The van der Waals surface area contributed by atoms with E-state index in [0.717, 1.165) is 4.90 Å². The van der Waals surface area contributed by atoms with Crippen LogP contribution in [0.2, 0.25) is 0 Å². The summed E-state index contributed by atoms with van der Waals surface area (Å²) in [6.45, 7) is -0.521. The van der Waals surface area contributed by atoms with Crippen LogP contribution in [0.4, 0.5) is 22.0 Å². The Morgan fingerprint density at radius 2 is 1.73 bits per heavy atom. The van der Waals surface area contributed by atoms with Crippen molar-refractivity contribution < 1.29 is 36.3 Å². The zero-order valence-corrected chi connectivity index (χ0v) is 11.9. The summed E-state index contributed by atoms with van der Waals surface area (Å²) in [5.41, 5.74) is 0. The van der Waals surface area contributed by atoms with Crippen LogP contribution in [0.15, 0.2) is 0 Å². The molecule has 0 spiro atoms. The molecule has 22 heavy (non-hydrogen) atoms. The molecule has 1 N–H and O–H groups in total. The van der Waals surface area contributed by atoms with E-state index in [9.17, 15) is 31.5 Å². The molecule has 0 radical (unpaired) electrons. The van der Waals surface area contributed by atoms with Gasteiger partial charge in [0.1, 0.15) is 0 Å². The number of hydrogen-bond acceptors (Lipinski definition) is 4. The first-order chi connectivity index (χ1) is 10.0. The zero-order chi connectivity index (χ0) is 17.0. The summed E-state index contributed by atoms with van der Waals surface area (Å²) >= 11 is 0. The summed E-state index contributed by atoms with van der Waals surface area (Å²) in [6.07, 6.45) is -4.43. The van der Waals surface area contributed by atoms with Gasteiger partial charge in [-0.25, -0.2) is 13.6 Å². The highest BCUT2D eigenvalue weighted by atomic mass is 19.4.